The van der Waals surface area contributed by atoms with Crippen molar-refractivity contribution in [3.05, 3.63) is 235 Å². The molecule has 12 aromatic rings. The molecule has 2 aliphatic carbocycles. The van der Waals surface area contributed by atoms with Gasteiger partial charge in [-0.05, 0) is 87.0 Å². The summed E-state index contributed by atoms with van der Waals surface area (Å²) in [6, 6.07) is 76.9. The SMILES string of the molecule is c1ccc(-c2nc(-c3ccc4c(c3)C3(c5ccccc5-c5ccccc53)c3ccccc3-4)nc(-c3cccc4c3Sc3cccc5c6c7ccccc7n(-c7ccccc7)c6n-4c35)n2)cc1. The van der Waals surface area contributed by atoms with Crippen molar-refractivity contribution < 1.29 is 0 Å². The molecule has 1 aliphatic heterocycles. The van der Waals surface area contributed by atoms with Crippen LogP contribution in [-0.2, 0) is 5.41 Å². The Morgan fingerprint density at radius 1 is 0.394 bits per heavy atom. The number of para-hydroxylation sites is 3. The number of hydrogen-bond acceptors (Lipinski definition) is 4. The number of fused-ring (bicyclic) bond motifs is 17. The number of rotatable bonds is 4. The summed E-state index contributed by atoms with van der Waals surface area (Å²) in [5.74, 6) is 1.92. The Morgan fingerprint density at radius 2 is 0.955 bits per heavy atom. The smallest absolute Gasteiger partial charge is 0.165 e. The van der Waals surface area contributed by atoms with Gasteiger partial charge in [-0.1, -0.05) is 182 Å². The number of benzene rings is 9. The lowest BCUT2D eigenvalue weighted by Gasteiger charge is -2.30. The third kappa shape index (κ3) is 4.68. The van der Waals surface area contributed by atoms with Gasteiger partial charge in [0.15, 0.2) is 17.5 Å². The van der Waals surface area contributed by atoms with Crippen LogP contribution in [-0.4, -0.2) is 24.1 Å². The summed E-state index contributed by atoms with van der Waals surface area (Å²) in [5, 5.41) is 3.73. The van der Waals surface area contributed by atoms with E-state index in [-0.39, 0.29) is 0 Å². The van der Waals surface area contributed by atoms with Gasteiger partial charge in [-0.2, -0.15) is 0 Å². The average molecular weight is 858 g/mol. The van der Waals surface area contributed by atoms with E-state index in [1.165, 1.54) is 76.6 Å². The van der Waals surface area contributed by atoms with Gasteiger partial charge in [0.05, 0.1) is 22.1 Å². The van der Waals surface area contributed by atoms with E-state index in [1.54, 1.807) is 11.8 Å². The molecule has 0 N–H and O–H groups in total. The lowest BCUT2D eigenvalue weighted by Crippen LogP contribution is -2.25. The minimum absolute atomic E-state index is 0.481. The van der Waals surface area contributed by atoms with Gasteiger partial charge in [0.25, 0.3) is 0 Å². The zero-order valence-corrected chi connectivity index (χ0v) is 36.2. The van der Waals surface area contributed by atoms with E-state index < -0.39 is 5.41 Å². The minimum atomic E-state index is -0.481. The molecular weight excluding hydrogens is 823 g/mol. The molecule has 3 aliphatic rings. The van der Waals surface area contributed by atoms with Gasteiger partial charge in [-0.15, -0.1) is 0 Å². The molecule has 9 aromatic carbocycles. The second-order valence-corrected chi connectivity index (χ2v) is 18.5. The highest BCUT2D eigenvalue weighted by Crippen LogP contribution is 2.63. The second kappa shape index (κ2) is 13.4. The van der Waals surface area contributed by atoms with Crippen molar-refractivity contribution in [2.45, 2.75) is 15.2 Å². The van der Waals surface area contributed by atoms with Crippen LogP contribution in [0.3, 0.4) is 0 Å². The van der Waals surface area contributed by atoms with E-state index in [0.29, 0.717) is 17.5 Å². The third-order valence-corrected chi connectivity index (χ3v) is 15.4. The zero-order chi connectivity index (χ0) is 43.1. The molecule has 66 heavy (non-hydrogen) atoms. The van der Waals surface area contributed by atoms with E-state index in [9.17, 15) is 0 Å². The van der Waals surface area contributed by atoms with Crippen LogP contribution < -0.4 is 0 Å². The molecule has 0 fully saturated rings. The number of nitrogens with zero attached hydrogens (tertiary/aromatic N) is 5. The van der Waals surface area contributed by atoms with Gasteiger partial charge in [-0.25, -0.2) is 15.0 Å². The van der Waals surface area contributed by atoms with Crippen molar-refractivity contribution in [2.75, 3.05) is 0 Å². The first-order chi connectivity index (χ1) is 32.8. The molecule has 4 heterocycles. The summed E-state index contributed by atoms with van der Waals surface area (Å²) in [6.07, 6.45) is 0. The van der Waals surface area contributed by atoms with E-state index >= 15 is 0 Å². The molecule has 0 amide bonds. The zero-order valence-electron chi connectivity index (χ0n) is 35.4. The Labute approximate surface area is 384 Å². The van der Waals surface area contributed by atoms with Crippen LogP contribution in [0.2, 0.25) is 0 Å². The Morgan fingerprint density at radius 3 is 1.68 bits per heavy atom. The van der Waals surface area contributed by atoms with Crippen LogP contribution in [0.25, 0.3) is 101 Å². The maximum absolute atomic E-state index is 5.49. The molecule has 6 heteroatoms. The predicted octanol–water partition coefficient (Wildman–Crippen LogP) is 14.7. The van der Waals surface area contributed by atoms with Gasteiger partial charge < -0.3 is 0 Å². The highest BCUT2D eigenvalue weighted by atomic mass is 32.2. The minimum Gasteiger partial charge on any atom is -0.295 e. The number of hydrogen-bond donors (Lipinski definition) is 0. The standard InChI is InChI=1S/C60H35N5S/c1-3-17-36(18-4-1)56-61-57(37-33-34-42-41-23-9-13-29-48(41)60(49(42)35-37)46-27-11-7-21-39(46)40-22-8-12-28-47(40)60)63-58(62-56)45-26-15-31-51-55(45)66-52-32-16-25-44-53-43-24-10-14-30-50(43)64(38-19-5-2-6-20-38)59(53)65(51)54(44)52/h1-35H. The van der Waals surface area contributed by atoms with E-state index in [2.05, 4.69) is 215 Å². The third-order valence-electron chi connectivity index (χ3n) is 14.2. The molecule has 0 unspecified atom stereocenters. The molecule has 1 spiro atoms. The molecule has 0 radical (unpaired) electrons. The molecule has 0 atom stereocenters. The van der Waals surface area contributed by atoms with Crippen molar-refractivity contribution in [2.24, 2.45) is 0 Å². The fourth-order valence-corrected chi connectivity index (χ4v) is 12.8. The van der Waals surface area contributed by atoms with Crippen molar-refractivity contribution >= 4 is 44.6 Å². The average Bonchev–Trinajstić information content (AvgIpc) is 4.09. The van der Waals surface area contributed by atoms with Crippen LogP contribution in [0, 0.1) is 0 Å². The van der Waals surface area contributed by atoms with Crippen molar-refractivity contribution in [3.63, 3.8) is 0 Å². The lowest BCUT2D eigenvalue weighted by molar-refractivity contribution is 0.794. The predicted molar refractivity (Wildman–Crippen MR) is 268 cm³/mol. The van der Waals surface area contributed by atoms with Crippen molar-refractivity contribution in [1.82, 2.24) is 24.1 Å². The van der Waals surface area contributed by atoms with E-state index in [1.807, 2.05) is 6.07 Å². The molecule has 15 rings (SSSR count). The molecule has 0 saturated carbocycles. The van der Waals surface area contributed by atoms with E-state index in [0.717, 1.165) is 38.6 Å². The highest BCUT2D eigenvalue weighted by molar-refractivity contribution is 8.00. The van der Waals surface area contributed by atoms with Gasteiger partial charge in [-0.3, -0.25) is 9.13 Å². The molecule has 306 valence electrons. The first-order valence-electron chi connectivity index (χ1n) is 22.4. The summed E-state index contributed by atoms with van der Waals surface area (Å²) < 4.78 is 4.91. The summed E-state index contributed by atoms with van der Waals surface area (Å²) in [5.41, 5.74) is 18.4. The summed E-state index contributed by atoms with van der Waals surface area (Å²) in [6.45, 7) is 0. The van der Waals surface area contributed by atoms with Gasteiger partial charge in [0, 0.05) is 48.3 Å². The molecule has 0 bridgehead atoms. The summed E-state index contributed by atoms with van der Waals surface area (Å²) >= 11 is 1.80. The monoisotopic (exact) mass is 857 g/mol. The van der Waals surface area contributed by atoms with Crippen molar-refractivity contribution in [3.8, 4) is 67.8 Å². The molecule has 3 aromatic heterocycles. The summed E-state index contributed by atoms with van der Waals surface area (Å²) in [4.78, 5) is 18.5. The first-order valence-corrected chi connectivity index (χ1v) is 23.3. The van der Waals surface area contributed by atoms with Gasteiger partial charge in [0.2, 0.25) is 0 Å². The second-order valence-electron chi connectivity index (χ2n) is 17.4. The topological polar surface area (TPSA) is 48.5 Å². The van der Waals surface area contributed by atoms with Crippen LogP contribution in [0.15, 0.2) is 222 Å². The lowest BCUT2D eigenvalue weighted by atomic mass is 9.70. The van der Waals surface area contributed by atoms with Gasteiger partial charge >= 0.3 is 0 Å². The first kappa shape index (κ1) is 36.1. The van der Waals surface area contributed by atoms with Crippen LogP contribution >= 0.6 is 11.8 Å². The Hall–Kier alpha value is -8.32. The molecular formula is C60H35N5S. The quantitative estimate of drug-likeness (QED) is 0.177. The van der Waals surface area contributed by atoms with Crippen molar-refractivity contribution in [1.29, 1.82) is 0 Å². The largest absolute Gasteiger partial charge is 0.295 e. The fraction of sp³-hybridized carbons (Fsp3) is 0.0167. The maximum atomic E-state index is 5.49. The molecule has 0 saturated heterocycles. The normalized spacial score (nSPS) is 13.5. The fourth-order valence-electron chi connectivity index (χ4n) is 11.6. The Bertz CT molecular complexity index is 3970. The van der Waals surface area contributed by atoms with Gasteiger partial charge in [0.1, 0.15) is 5.65 Å². The molecule has 5 nitrogen and oxygen atoms in total. The number of aromatic nitrogens is 5. The summed E-state index contributed by atoms with van der Waals surface area (Å²) in [7, 11) is 0. The Balaban J connectivity index is 0.976. The van der Waals surface area contributed by atoms with Crippen LogP contribution in [0.5, 0.6) is 0 Å². The Kier molecular flexibility index (Phi) is 7.30. The van der Waals surface area contributed by atoms with E-state index in [4.69, 9.17) is 15.0 Å². The maximum Gasteiger partial charge on any atom is 0.165 e. The van der Waals surface area contributed by atoms with Crippen LogP contribution in [0.1, 0.15) is 22.3 Å². The highest BCUT2D eigenvalue weighted by Gasteiger charge is 2.51. The van der Waals surface area contributed by atoms with Crippen LogP contribution in [0.4, 0.5) is 0 Å².